The highest BCUT2D eigenvalue weighted by Crippen LogP contribution is 2.41. The summed E-state index contributed by atoms with van der Waals surface area (Å²) < 4.78 is 6.29. The van der Waals surface area contributed by atoms with Gasteiger partial charge in [0.2, 0.25) is 0 Å². The highest BCUT2D eigenvalue weighted by atomic mass is 31.1. The minimum absolute atomic E-state index is 0.744. The largest absolute Gasteiger partial charge is 0.457 e. The molecule has 0 fully saturated rings. The second kappa shape index (κ2) is 9.61. The molecule has 0 saturated heterocycles. The first-order valence-corrected chi connectivity index (χ1v) is 12.7. The van der Waals surface area contributed by atoms with E-state index in [4.69, 9.17) is 4.74 Å². The van der Waals surface area contributed by atoms with Crippen LogP contribution in [0.5, 0.6) is 11.5 Å². The van der Waals surface area contributed by atoms with Crippen LogP contribution >= 0.6 is 7.92 Å². The molecular formula is C31H27OP. The Morgan fingerprint density at radius 3 is 1.76 bits per heavy atom. The van der Waals surface area contributed by atoms with Gasteiger partial charge in [-0.3, -0.25) is 0 Å². The minimum Gasteiger partial charge on any atom is -0.457 e. The lowest BCUT2D eigenvalue weighted by atomic mass is 10.0. The average Bonchev–Trinajstić information content (AvgIpc) is 3.19. The van der Waals surface area contributed by atoms with E-state index in [1.807, 2.05) is 30.3 Å². The van der Waals surface area contributed by atoms with Crippen LogP contribution in [-0.2, 0) is 0 Å². The lowest BCUT2D eigenvalue weighted by Crippen LogP contribution is -2.23. The number of rotatable bonds is 6. The smallest absolute Gasteiger partial charge is 0.128 e. The molecule has 33 heavy (non-hydrogen) atoms. The highest BCUT2D eigenvalue weighted by Gasteiger charge is 2.24. The Labute approximate surface area is 197 Å². The SMILES string of the molecule is CC1=CCC(c2ccc(Oc3ccccc3)cc2P(c2ccccc2)c2ccccc2)=C1C. The first-order chi connectivity index (χ1) is 16.2. The van der Waals surface area contributed by atoms with Gasteiger partial charge in [-0.15, -0.1) is 0 Å². The molecule has 0 saturated carbocycles. The van der Waals surface area contributed by atoms with Crippen LogP contribution in [0.2, 0.25) is 0 Å². The second-order valence-electron chi connectivity index (χ2n) is 8.30. The molecule has 4 aromatic carbocycles. The standard InChI is InChI=1S/C31H27OP/c1-23-18-20-29(24(23)2)30-21-19-26(32-25-12-6-3-7-13-25)22-31(30)33(27-14-8-4-9-15-27)28-16-10-5-11-17-28/h3-19,21-22H,20H2,1-2H3. The Morgan fingerprint density at radius 1 is 0.636 bits per heavy atom. The monoisotopic (exact) mass is 446 g/mol. The minimum atomic E-state index is -0.744. The summed E-state index contributed by atoms with van der Waals surface area (Å²) in [5.41, 5.74) is 5.53. The summed E-state index contributed by atoms with van der Waals surface area (Å²) in [7, 11) is -0.744. The lowest BCUT2D eigenvalue weighted by Gasteiger charge is -2.24. The summed E-state index contributed by atoms with van der Waals surface area (Å²) >= 11 is 0. The molecule has 0 aliphatic heterocycles. The molecule has 1 aliphatic carbocycles. The predicted molar refractivity (Wildman–Crippen MR) is 143 cm³/mol. The van der Waals surface area contributed by atoms with Gasteiger partial charge in [0, 0.05) is 0 Å². The number of ether oxygens (including phenoxy) is 1. The predicted octanol–water partition coefficient (Wildman–Crippen LogP) is 7.36. The zero-order valence-electron chi connectivity index (χ0n) is 19.0. The van der Waals surface area contributed by atoms with E-state index in [0.29, 0.717) is 0 Å². The lowest BCUT2D eigenvalue weighted by molar-refractivity contribution is 0.483. The number of para-hydroxylation sites is 1. The average molecular weight is 447 g/mol. The van der Waals surface area contributed by atoms with Crippen molar-refractivity contribution in [2.24, 2.45) is 0 Å². The molecule has 162 valence electrons. The van der Waals surface area contributed by atoms with Crippen LogP contribution in [0, 0.1) is 0 Å². The molecule has 0 atom stereocenters. The Hall–Kier alpha value is -3.41. The van der Waals surface area contributed by atoms with Crippen LogP contribution in [0.3, 0.4) is 0 Å². The van der Waals surface area contributed by atoms with Crippen molar-refractivity contribution in [1.82, 2.24) is 0 Å². The van der Waals surface area contributed by atoms with Crippen molar-refractivity contribution in [3.63, 3.8) is 0 Å². The van der Waals surface area contributed by atoms with Crippen molar-refractivity contribution in [2.45, 2.75) is 20.3 Å². The Bertz CT molecular complexity index is 1270. The van der Waals surface area contributed by atoms with E-state index in [1.54, 1.807) is 0 Å². The van der Waals surface area contributed by atoms with E-state index in [9.17, 15) is 0 Å². The number of hydrogen-bond acceptors (Lipinski definition) is 1. The third-order valence-electron chi connectivity index (χ3n) is 6.20. The fraction of sp³-hybridized carbons (Fsp3) is 0.0968. The van der Waals surface area contributed by atoms with Crippen molar-refractivity contribution in [1.29, 1.82) is 0 Å². The molecule has 0 heterocycles. The van der Waals surface area contributed by atoms with Gasteiger partial charge in [0.1, 0.15) is 11.5 Å². The number of hydrogen-bond donors (Lipinski definition) is 0. The molecule has 0 N–H and O–H groups in total. The molecule has 0 spiro atoms. The topological polar surface area (TPSA) is 9.23 Å². The van der Waals surface area contributed by atoms with E-state index in [1.165, 1.54) is 38.2 Å². The zero-order chi connectivity index (χ0) is 22.6. The summed E-state index contributed by atoms with van der Waals surface area (Å²) in [5.74, 6) is 1.73. The molecule has 0 bridgehead atoms. The van der Waals surface area contributed by atoms with Gasteiger partial charge in [0.05, 0.1) is 0 Å². The quantitative estimate of drug-likeness (QED) is 0.281. The summed E-state index contributed by atoms with van der Waals surface area (Å²) in [4.78, 5) is 0. The molecule has 2 heteroatoms. The molecule has 0 aromatic heterocycles. The number of benzene rings is 4. The fourth-order valence-electron chi connectivity index (χ4n) is 4.33. The molecule has 0 amide bonds. The van der Waals surface area contributed by atoms with Gasteiger partial charge in [-0.2, -0.15) is 0 Å². The molecule has 0 unspecified atom stereocenters. The van der Waals surface area contributed by atoms with Crippen molar-refractivity contribution >= 4 is 29.4 Å². The maximum absolute atomic E-state index is 6.29. The maximum Gasteiger partial charge on any atom is 0.128 e. The Morgan fingerprint density at radius 2 is 1.21 bits per heavy atom. The van der Waals surface area contributed by atoms with E-state index in [0.717, 1.165) is 17.9 Å². The van der Waals surface area contributed by atoms with Gasteiger partial charge in [0.25, 0.3) is 0 Å². The molecular weight excluding hydrogens is 419 g/mol. The summed E-state index contributed by atoms with van der Waals surface area (Å²) in [5, 5.41) is 4.03. The van der Waals surface area contributed by atoms with Gasteiger partial charge >= 0.3 is 0 Å². The van der Waals surface area contributed by atoms with Crippen molar-refractivity contribution in [2.75, 3.05) is 0 Å². The van der Waals surface area contributed by atoms with Gasteiger partial charge in [-0.25, -0.2) is 0 Å². The number of allylic oxidation sites excluding steroid dienone is 4. The van der Waals surface area contributed by atoms with Crippen LogP contribution in [-0.4, -0.2) is 0 Å². The van der Waals surface area contributed by atoms with Crippen molar-refractivity contribution < 1.29 is 4.74 Å². The third-order valence-corrected chi connectivity index (χ3v) is 8.68. The zero-order valence-corrected chi connectivity index (χ0v) is 19.9. The van der Waals surface area contributed by atoms with Gasteiger partial charge in [-0.1, -0.05) is 96.6 Å². The first-order valence-electron chi connectivity index (χ1n) is 11.3. The van der Waals surface area contributed by atoms with Crippen LogP contribution in [0.25, 0.3) is 5.57 Å². The van der Waals surface area contributed by atoms with E-state index < -0.39 is 7.92 Å². The van der Waals surface area contributed by atoms with E-state index in [-0.39, 0.29) is 0 Å². The molecule has 4 aromatic rings. The highest BCUT2D eigenvalue weighted by molar-refractivity contribution is 7.80. The summed E-state index contributed by atoms with van der Waals surface area (Å²) in [6.07, 6.45) is 3.33. The molecule has 1 nitrogen and oxygen atoms in total. The maximum atomic E-state index is 6.29. The Kier molecular flexibility index (Phi) is 6.24. The van der Waals surface area contributed by atoms with Crippen LogP contribution in [0.4, 0.5) is 0 Å². The van der Waals surface area contributed by atoms with Crippen molar-refractivity contribution in [3.05, 3.63) is 132 Å². The van der Waals surface area contributed by atoms with E-state index in [2.05, 4.69) is 98.8 Å². The van der Waals surface area contributed by atoms with Crippen LogP contribution in [0.1, 0.15) is 25.8 Å². The second-order valence-corrected chi connectivity index (χ2v) is 10.5. The molecule has 5 rings (SSSR count). The van der Waals surface area contributed by atoms with E-state index >= 15 is 0 Å². The van der Waals surface area contributed by atoms with Gasteiger partial charge in [0.15, 0.2) is 0 Å². The molecule has 0 radical (unpaired) electrons. The summed E-state index contributed by atoms with van der Waals surface area (Å²) in [6, 6.07) is 38.4. The van der Waals surface area contributed by atoms with Gasteiger partial charge < -0.3 is 4.74 Å². The van der Waals surface area contributed by atoms with Crippen LogP contribution in [0.15, 0.2) is 126 Å². The fourth-order valence-corrected chi connectivity index (χ4v) is 6.83. The Balaban J connectivity index is 1.70. The van der Waals surface area contributed by atoms with Crippen LogP contribution < -0.4 is 20.7 Å². The summed E-state index contributed by atoms with van der Waals surface area (Å²) in [6.45, 7) is 4.46. The van der Waals surface area contributed by atoms with Crippen molar-refractivity contribution in [3.8, 4) is 11.5 Å². The third kappa shape index (κ3) is 4.56. The molecule has 1 aliphatic rings. The normalized spacial score (nSPS) is 13.4. The first kappa shape index (κ1) is 21.4. The van der Waals surface area contributed by atoms with Gasteiger partial charge in [-0.05, 0) is 85.1 Å².